The molecule has 4 aromatic carbocycles. The molecule has 0 unspecified atom stereocenters. The normalized spacial score (nSPS) is 11.5. The maximum Gasteiger partial charge on any atom is 0.326 e. The zero-order valence-corrected chi connectivity index (χ0v) is 18.3. The van der Waals surface area contributed by atoms with Crippen LogP contribution in [0.25, 0.3) is 49.5 Å². The highest BCUT2D eigenvalue weighted by Gasteiger charge is 2.14. The molecular formula is C26H16BrN3O2. The number of rotatable bonds is 2. The molecule has 154 valence electrons. The van der Waals surface area contributed by atoms with Crippen LogP contribution >= 0.6 is 15.9 Å². The van der Waals surface area contributed by atoms with E-state index in [0.717, 1.165) is 43.1 Å². The van der Waals surface area contributed by atoms with E-state index in [1.807, 2.05) is 30.3 Å². The second kappa shape index (κ2) is 7.07. The maximum absolute atomic E-state index is 12.3. The summed E-state index contributed by atoms with van der Waals surface area (Å²) in [6.07, 6.45) is 0. The minimum atomic E-state index is -0.504. The molecule has 6 rings (SSSR count). The van der Waals surface area contributed by atoms with Crippen LogP contribution in [0.3, 0.4) is 0 Å². The van der Waals surface area contributed by atoms with Gasteiger partial charge in [-0.15, -0.1) is 0 Å². The SMILES string of the molecule is O=c1[nH]c(=O)c2cc(-c3ccc4c(c3)c3cc(Br)ccc3n4-c3ccccc3)ccc2[nH]1. The molecule has 0 aliphatic heterocycles. The lowest BCUT2D eigenvalue weighted by atomic mass is 10.0. The number of aromatic nitrogens is 3. The summed E-state index contributed by atoms with van der Waals surface area (Å²) in [5.41, 5.74) is 4.86. The Morgan fingerprint density at radius 1 is 0.656 bits per heavy atom. The quantitative estimate of drug-likeness (QED) is 0.330. The van der Waals surface area contributed by atoms with Gasteiger partial charge in [0.2, 0.25) is 0 Å². The number of nitrogens with zero attached hydrogens (tertiary/aromatic N) is 1. The Balaban J connectivity index is 1.64. The van der Waals surface area contributed by atoms with Gasteiger partial charge in [0.1, 0.15) is 0 Å². The van der Waals surface area contributed by atoms with E-state index in [1.54, 1.807) is 6.07 Å². The average molecular weight is 482 g/mol. The number of fused-ring (bicyclic) bond motifs is 4. The van der Waals surface area contributed by atoms with E-state index in [9.17, 15) is 9.59 Å². The van der Waals surface area contributed by atoms with Crippen LogP contribution in [-0.2, 0) is 0 Å². The third kappa shape index (κ3) is 2.92. The summed E-state index contributed by atoms with van der Waals surface area (Å²) in [4.78, 5) is 28.8. The van der Waals surface area contributed by atoms with E-state index < -0.39 is 11.2 Å². The van der Waals surface area contributed by atoms with Crippen molar-refractivity contribution in [3.63, 3.8) is 0 Å². The molecule has 0 aliphatic carbocycles. The van der Waals surface area contributed by atoms with Crippen molar-refractivity contribution < 1.29 is 0 Å². The van der Waals surface area contributed by atoms with Crippen molar-refractivity contribution in [1.29, 1.82) is 0 Å². The van der Waals surface area contributed by atoms with Crippen LogP contribution in [0, 0.1) is 0 Å². The third-order valence-corrected chi connectivity index (χ3v) is 6.31. The van der Waals surface area contributed by atoms with Crippen molar-refractivity contribution in [3.05, 3.63) is 110 Å². The van der Waals surface area contributed by atoms with E-state index >= 15 is 0 Å². The number of benzene rings is 4. The Morgan fingerprint density at radius 2 is 1.31 bits per heavy atom. The molecule has 0 spiro atoms. The van der Waals surface area contributed by atoms with Crippen molar-refractivity contribution >= 4 is 48.6 Å². The zero-order chi connectivity index (χ0) is 21.8. The van der Waals surface area contributed by atoms with Crippen LogP contribution in [0.1, 0.15) is 0 Å². The minimum Gasteiger partial charge on any atom is -0.309 e. The van der Waals surface area contributed by atoms with Gasteiger partial charge in [0.05, 0.1) is 21.9 Å². The van der Waals surface area contributed by atoms with Crippen LogP contribution in [-0.4, -0.2) is 14.5 Å². The first-order chi connectivity index (χ1) is 15.6. The van der Waals surface area contributed by atoms with Gasteiger partial charge in [-0.2, -0.15) is 0 Å². The summed E-state index contributed by atoms with van der Waals surface area (Å²) in [7, 11) is 0. The van der Waals surface area contributed by atoms with Gasteiger partial charge < -0.3 is 9.55 Å². The van der Waals surface area contributed by atoms with Gasteiger partial charge in [0.15, 0.2) is 0 Å². The van der Waals surface area contributed by atoms with E-state index in [-0.39, 0.29) is 0 Å². The Labute approximate surface area is 190 Å². The molecule has 6 aromatic rings. The number of halogens is 1. The van der Waals surface area contributed by atoms with Gasteiger partial charge in [0, 0.05) is 20.9 Å². The smallest absolute Gasteiger partial charge is 0.309 e. The highest BCUT2D eigenvalue weighted by molar-refractivity contribution is 9.10. The molecule has 2 heterocycles. The van der Waals surface area contributed by atoms with Crippen LogP contribution in [0.2, 0.25) is 0 Å². The Morgan fingerprint density at radius 3 is 2.09 bits per heavy atom. The van der Waals surface area contributed by atoms with Gasteiger partial charge in [0.25, 0.3) is 5.56 Å². The Hall–Kier alpha value is -3.90. The molecule has 2 N–H and O–H groups in total. The summed E-state index contributed by atoms with van der Waals surface area (Å²) >= 11 is 3.61. The minimum absolute atomic E-state index is 0.392. The zero-order valence-electron chi connectivity index (χ0n) is 16.7. The topological polar surface area (TPSA) is 70.7 Å². The molecule has 32 heavy (non-hydrogen) atoms. The standard InChI is InChI=1S/C26H16BrN3O2/c27-17-8-11-24-20(14-17)19-12-16(7-10-23(19)30(24)18-4-2-1-3-5-18)15-6-9-22-21(13-15)25(31)29-26(32)28-22/h1-14H,(H2,28,29,31,32). The van der Waals surface area contributed by atoms with Gasteiger partial charge in [-0.3, -0.25) is 9.78 Å². The summed E-state index contributed by atoms with van der Waals surface area (Å²) < 4.78 is 3.28. The van der Waals surface area contributed by atoms with Crippen LogP contribution in [0.5, 0.6) is 0 Å². The highest BCUT2D eigenvalue weighted by Crippen LogP contribution is 2.36. The molecule has 0 aliphatic rings. The van der Waals surface area contributed by atoms with Gasteiger partial charge in [-0.1, -0.05) is 46.3 Å². The van der Waals surface area contributed by atoms with E-state index in [4.69, 9.17) is 0 Å². The second-order valence-corrected chi connectivity index (χ2v) is 8.65. The number of nitrogens with one attached hydrogen (secondary N) is 2. The molecule has 0 saturated heterocycles. The largest absolute Gasteiger partial charge is 0.326 e. The molecule has 6 heteroatoms. The second-order valence-electron chi connectivity index (χ2n) is 7.73. The summed E-state index contributed by atoms with van der Waals surface area (Å²) in [5, 5.41) is 2.72. The van der Waals surface area contributed by atoms with Crippen molar-refractivity contribution in [3.8, 4) is 16.8 Å². The summed E-state index contributed by atoms with van der Waals surface area (Å²) in [5.74, 6) is 0. The van der Waals surface area contributed by atoms with Crippen molar-refractivity contribution in [1.82, 2.24) is 14.5 Å². The number of aromatic amines is 2. The van der Waals surface area contributed by atoms with Crippen LogP contribution < -0.4 is 11.2 Å². The summed E-state index contributed by atoms with van der Waals surface area (Å²) in [6.45, 7) is 0. The van der Waals surface area contributed by atoms with E-state index in [0.29, 0.717) is 10.9 Å². The van der Waals surface area contributed by atoms with Crippen molar-refractivity contribution in [2.45, 2.75) is 0 Å². The van der Waals surface area contributed by atoms with Crippen LogP contribution in [0.4, 0.5) is 0 Å². The van der Waals surface area contributed by atoms with Crippen molar-refractivity contribution in [2.75, 3.05) is 0 Å². The molecular weight excluding hydrogens is 466 g/mol. The van der Waals surface area contributed by atoms with E-state index in [2.05, 4.69) is 79.0 Å². The first-order valence-electron chi connectivity index (χ1n) is 10.1. The first kappa shape index (κ1) is 18.8. The first-order valence-corrected chi connectivity index (χ1v) is 10.9. The lowest BCUT2D eigenvalue weighted by Gasteiger charge is -2.08. The molecule has 5 nitrogen and oxygen atoms in total. The fourth-order valence-electron chi connectivity index (χ4n) is 4.37. The number of hydrogen-bond acceptors (Lipinski definition) is 2. The molecule has 0 amide bonds. The summed E-state index contributed by atoms with van der Waals surface area (Å²) in [6, 6.07) is 28.5. The predicted molar refractivity (Wildman–Crippen MR) is 133 cm³/mol. The third-order valence-electron chi connectivity index (χ3n) is 5.81. The molecule has 0 saturated carbocycles. The van der Waals surface area contributed by atoms with E-state index in [1.165, 1.54) is 0 Å². The fraction of sp³-hybridized carbons (Fsp3) is 0. The van der Waals surface area contributed by atoms with Gasteiger partial charge >= 0.3 is 5.69 Å². The predicted octanol–water partition coefficient (Wildman–Crippen LogP) is 5.74. The number of para-hydroxylation sites is 1. The maximum atomic E-state index is 12.3. The molecule has 0 bridgehead atoms. The van der Waals surface area contributed by atoms with Crippen molar-refractivity contribution in [2.24, 2.45) is 0 Å². The lowest BCUT2D eigenvalue weighted by molar-refractivity contribution is 1.08. The molecule has 0 radical (unpaired) electrons. The van der Waals surface area contributed by atoms with Crippen LogP contribution in [0.15, 0.2) is 99.0 Å². The molecule has 0 atom stereocenters. The highest BCUT2D eigenvalue weighted by atomic mass is 79.9. The molecule has 0 fully saturated rings. The molecule has 2 aromatic heterocycles. The monoisotopic (exact) mass is 481 g/mol. The average Bonchev–Trinajstić information content (AvgIpc) is 3.12. The number of H-pyrrole nitrogens is 2. The fourth-order valence-corrected chi connectivity index (χ4v) is 4.74. The lowest BCUT2D eigenvalue weighted by Crippen LogP contribution is -2.21. The van der Waals surface area contributed by atoms with Gasteiger partial charge in [-0.25, -0.2) is 4.79 Å². The Kier molecular flexibility index (Phi) is 4.16. The number of hydrogen-bond donors (Lipinski definition) is 2. The Bertz CT molecular complexity index is 1780. The van der Waals surface area contributed by atoms with Gasteiger partial charge in [-0.05, 0) is 65.7 Å².